The third kappa shape index (κ3) is 2.78. The van der Waals surface area contributed by atoms with Crippen molar-refractivity contribution >= 4 is 29.9 Å². The summed E-state index contributed by atoms with van der Waals surface area (Å²) in [6.07, 6.45) is 0.469. The van der Waals surface area contributed by atoms with E-state index in [1.54, 1.807) is 4.90 Å². The van der Waals surface area contributed by atoms with Gasteiger partial charge >= 0.3 is 0 Å². The van der Waals surface area contributed by atoms with Crippen LogP contribution in [-0.4, -0.2) is 38.0 Å². The van der Waals surface area contributed by atoms with Gasteiger partial charge in [-0.2, -0.15) is 0 Å². The lowest BCUT2D eigenvalue weighted by atomic mass is 10.0. The maximum atomic E-state index is 11.9. The lowest BCUT2D eigenvalue weighted by Crippen LogP contribution is -2.51. The summed E-state index contributed by atoms with van der Waals surface area (Å²) in [7, 11) is 0. The molecule has 108 valence electrons. The highest BCUT2D eigenvalue weighted by Crippen LogP contribution is 2.27. The van der Waals surface area contributed by atoms with E-state index < -0.39 is 0 Å². The quantitative estimate of drug-likeness (QED) is 0.842. The molecule has 20 heavy (non-hydrogen) atoms. The van der Waals surface area contributed by atoms with E-state index in [0.29, 0.717) is 19.5 Å². The van der Waals surface area contributed by atoms with Crippen LogP contribution in [-0.2, 0) is 16.0 Å². The first-order chi connectivity index (χ1) is 9.25. The summed E-state index contributed by atoms with van der Waals surface area (Å²) >= 11 is 0. The van der Waals surface area contributed by atoms with Gasteiger partial charge in [-0.15, -0.1) is 12.4 Å². The zero-order chi connectivity index (χ0) is 13.2. The van der Waals surface area contributed by atoms with Gasteiger partial charge in [-0.25, -0.2) is 0 Å². The highest BCUT2D eigenvalue weighted by molar-refractivity contribution is 6.01. The Morgan fingerprint density at radius 3 is 2.80 bits per heavy atom. The fourth-order valence-corrected chi connectivity index (χ4v) is 2.47. The molecule has 0 aromatic heterocycles. The molecule has 5 nitrogen and oxygen atoms in total. The Morgan fingerprint density at radius 1 is 1.35 bits per heavy atom. The molecule has 0 atom stereocenters. The first-order valence-electron chi connectivity index (χ1n) is 6.62. The Labute approximate surface area is 124 Å². The highest BCUT2D eigenvalue weighted by atomic mass is 35.5. The number of amides is 2. The zero-order valence-corrected chi connectivity index (χ0v) is 11.9. The predicted molar refractivity (Wildman–Crippen MR) is 79.1 cm³/mol. The summed E-state index contributed by atoms with van der Waals surface area (Å²) in [5.41, 5.74) is 2.05. The van der Waals surface area contributed by atoms with Crippen LogP contribution < -0.4 is 15.5 Å². The van der Waals surface area contributed by atoms with Gasteiger partial charge in [0.25, 0.3) is 0 Å². The number of carbonyl (C=O) groups is 2. The zero-order valence-electron chi connectivity index (χ0n) is 11.1. The Hall–Kier alpha value is -1.59. The number of anilines is 1. The van der Waals surface area contributed by atoms with Crippen LogP contribution in [0.15, 0.2) is 24.3 Å². The topological polar surface area (TPSA) is 61.4 Å². The molecule has 3 rings (SSSR count). The number of fused-ring (bicyclic) bond motifs is 1. The maximum absolute atomic E-state index is 11.9. The van der Waals surface area contributed by atoms with Crippen molar-refractivity contribution in [3.8, 4) is 0 Å². The minimum absolute atomic E-state index is 0. The van der Waals surface area contributed by atoms with E-state index in [4.69, 9.17) is 0 Å². The molecule has 2 heterocycles. The SMILES string of the molecule is Cl.O=C(NCCN1C(=O)Cc2ccccc21)C1CNC1. The molecule has 2 aliphatic rings. The number of hydrogen-bond acceptors (Lipinski definition) is 3. The fourth-order valence-electron chi connectivity index (χ4n) is 2.47. The molecule has 1 fully saturated rings. The predicted octanol–water partition coefficient (Wildman–Crippen LogP) is 0.333. The third-order valence-electron chi connectivity index (χ3n) is 3.71. The van der Waals surface area contributed by atoms with Crippen molar-refractivity contribution in [3.63, 3.8) is 0 Å². The summed E-state index contributed by atoms with van der Waals surface area (Å²) in [5.74, 6) is 0.293. The molecule has 1 aromatic rings. The largest absolute Gasteiger partial charge is 0.354 e. The van der Waals surface area contributed by atoms with Crippen molar-refractivity contribution in [1.82, 2.24) is 10.6 Å². The number of hydrogen-bond donors (Lipinski definition) is 2. The van der Waals surface area contributed by atoms with Crippen LogP contribution in [0.4, 0.5) is 5.69 Å². The number of benzene rings is 1. The van der Waals surface area contributed by atoms with E-state index in [-0.39, 0.29) is 30.1 Å². The van der Waals surface area contributed by atoms with Gasteiger partial charge in [0.1, 0.15) is 0 Å². The van der Waals surface area contributed by atoms with Crippen LogP contribution >= 0.6 is 12.4 Å². The van der Waals surface area contributed by atoms with Gasteiger partial charge in [0.15, 0.2) is 0 Å². The van der Waals surface area contributed by atoms with Gasteiger partial charge in [-0.3, -0.25) is 9.59 Å². The van der Waals surface area contributed by atoms with Gasteiger partial charge in [-0.05, 0) is 11.6 Å². The molecule has 0 unspecified atom stereocenters. The molecule has 1 aromatic carbocycles. The Morgan fingerprint density at radius 2 is 2.10 bits per heavy atom. The monoisotopic (exact) mass is 295 g/mol. The van der Waals surface area contributed by atoms with Crippen LogP contribution in [0.2, 0.25) is 0 Å². The first kappa shape index (κ1) is 14.8. The second kappa shape index (κ2) is 6.24. The summed E-state index contributed by atoms with van der Waals surface area (Å²) < 4.78 is 0. The number of nitrogens with one attached hydrogen (secondary N) is 2. The first-order valence-corrected chi connectivity index (χ1v) is 6.62. The summed E-state index contributed by atoms with van der Waals surface area (Å²) in [4.78, 5) is 25.3. The normalized spacial score (nSPS) is 17.2. The molecule has 6 heteroatoms. The molecule has 0 bridgehead atoms. The standard InChI is InChI=1S/C14H17N3O2.ClH/c18-13-7-10-3-1-2-4-12(10)17(13)6-5-16-14(19)11-8-15-9-11;/h1-4,11,15H,5-9H2,(H,16,19);1H. The molecule has 1 saturated heterocycles. The molecular formula is C14H18ClN3O2. The Bertz CT molecular complexity index is 517. The minimum atomic E-state index is 0. The summed E-state index contributed by atoms with van der Waals surface area (Å²) in [6.45, 7) is 2.58. The van der Waals surface area contributed by atoms with E-state index in [2.05, 4.69) is 10.6 Å². The number of halogens is 1. The van der Waals surface area contributed by atoms with E-state index in [0.717, 1.165) is 24.3 Å². The van der Waals surface area contributed by atoms with Gasteiger partial charge in [0.05, 0.1) is 12.3 Å². The molecule has 2 aliphatic heterocycles. The number of para-hydroxylation sites is 1. The van der Waals surface area contributed by atoms with Crippen LogP contribution in [0.3, 0.4) is 0 Å². The third-order valence-corrected chi connectivity index (χ3v) is 3.71. The summed E-state index contributed by atoms with van der Waals surface area (Å²) in [5, 5.41) is 5.96. The van der Waals surface area contributed by atoms with E-state index in [1.807, 2.05) is 24.3 Å². The van der Waals surface area contributed by atoms with E-state index in [9.17, 15) is 9.59 Å². The molecule has 2 N–H and O–H groups in total. The molecule has 2 amide bonds. The maximum Gasteiger partial charge on any atom is 0.231 e. The van der Waals surface area contributed by atoms with Gasteiger partial charge in [0.2, 0.25) is 11.8 Å². The molecule has 0 aliphatic carbocycles. The smallest absolute Gasteiger partial charge is 0.231 e. The van der Waals surface area contributed by atoms with Gasteiger partial charge in [0, 0.05) is 31.9 Å². The minimum Gasteiger partial charge on any atom is -0.354 e. The van der Waals surface area contributed by atoms with Crippen LogP contribution in [0.5, 0.6) is 0 Å². The van der Waals surface area contributed by atoms with Crippen LogP contribution in [0.25, 0.3) is 0 Å². The van der Waals surface area contributed by atoms with Crippen molar-refractivity contribution < 1.29 is 9.59 Å². The molecule has 0 saturated carbocycles. The van der Waals surface area contributed by atoms with Gasteiger partial charge < -0.3 is 15.5 Å². The van der Waals surface area contributed by atoms with Crippen LogP contribution in [0.1, 0.15) is 5.56 Å². The molecule has 0 spiro atoms. The van der Waals surface area contributed by atoms with Crippen molar-refractivity contribution in [2.24, 2.45) is 5.92 Å². The van der Waals surface area contributed by atoms with Crippen molar-refractivity contribution in [3.05, 3.63) is 29.8 Å². The van der Waals surface area contributed by atoms with Gasteiger partial charge in [-0.1, -0.05) is 18.2 Å². The van der Waals surface area contributed by atoms with Crippen molar-refractivity contribution in [1.29, 1.82) is 0 Å². The average molecular weight is 296 g/mol. The molecule has 0 radical (unpaired) electrons. The van der Waals surface area contributed by atoms with Crippen molar-refractivity contribution in [2.75, 3.05) is 31.1 Å². The average Bonchev–Trinajstić information content (AvgIpc) is 2.64. The summed E-state index contributed by atoms with van der Waals surface area (Å²) in [6, 6.07) is 7.81. The molecular weight excluding hydrogens is 278 g/mol. The van der Waals surface area contributed by atoms with Crippen molar-refractivity contribution in [2.45, 2.75) is 6.42 Å². The second-order valence-electron chi connectivity index (χ2n) is 5.00. The Balaban J connectivity index is 0.00000147. The number of carbonyl (C=O) groups excluding carboxylic acids is 2. The number of rotatable bonds is 4. The van der Waals surface area contributed by atoms with E-state index >= 15 is 0 Å². The fraction of sp³-hybridized carbons (Fsp3) is 0.429. The Kier molecular flexibility index (Phi) is 4.62. The van der Waals surface area contributed by atoms with Crippen LogP contribution in [0, 0.1) is 5.92 Å². The number of nitrogens with zero attached hydrogens (tertiary/aromatic N) is 1. The van der Waals surface area contributed by atoms with E-state index in [1.165, 1.54) is 0 Å². The highest BCUT2D eigenvalue weighted by Gasteiger charge is 2.27. The lowest BCUT2D eigenvalue weighted by Gasteiger charge is -2.26. The second-order valence-corrected chi connectivity index (χ2v) is 5.00. The lowest BCUT2D eigenvalue weighted by molar-refractivity contribution is -0.126.